The number of aliphatic hydroxyl groups excluding tert-OH is 1. The molecule has 0 radical (unpaired) electrons. The molecule has 1 heterocycles. The Hall–Kier alpha value is -2.05. The highest BCUT2D eigenvalue weighted by Gasteiger charge is 2.04. The number of aromatic nitrogens is 3. The Morgan fingerprint density at radius 3 is 2.74 bits per heavy atom. The molecular formula is C13H16N4O2. The maximum atomic E-state index is 10.5. The number of nitrogens with zero attached hydrogens (tertiary/aromatic N) is 3. The van der Waals surface area contributed by atoms with Gasteiger partial charge in [-0.05, 0) is 24.1 Å². The first-order valence-corrected chi connectivity index (χ1v) is 6.05. The van der Waals surface area contributed by atoms with Crippen molar-refractivity contribution in [3.05, 3.63) is 41.7 Å². The van der Waals surface area contributed by atoms with Crippen molar-refractivity contribution >= 4 is 6.29 Å². The molecule has 6 heteroatoms. The zero-order chi connectivity index (χ0) is 13.7. The summed E-state index contributed by atoms with van der Waals surface area (Å²) in [4.78, 5) is 10.5. The molecule has 6 nitrogen and oxygen atoms in total. The lowest BCUT2D eigenvalue weighted by atomic mass is 10.1. The van der Waals surface area contributed by atoms with E-state index in [4.69, 9.17) is 10.8 Å². The lowest BCUT2D eigenvalue weighted by Crippen LogP contribution is -2.23. The van der Waals surface area contributed by atoms with Gasteiger partial charge in [0.05, 0.1) is 23.6 Å². The van der Waals surface area contributed by atoms with Gasteiger partial charge in [-0.25, -0.2) is 4.68 Å². The molecule has 19 heavy (non-hydrogen) atoms. The normalized spacial score (nSPS) is 12.3. The van der Waals surface area contributed by atoms with Crippen molar-refractivity contribution in [1.29, 1.82) is 0 Å². The first-order chi connectivity index (χ1) is 9.22. The fourth-order valence-corrected chi connectivity index (χ4v) is 1.76. The Bertz CT molecular complexity index is 536. The highest BCUT2D eigenvalue weighted by molar-refractivity contribution is 5.57. The first kappa shape index (κ1) is 13.4. The lowest BCUT2D eigenvalue weighted by Gasteiger charge is -2.05. The minimum Gasteiger partial charge on any atom is -0.396 e. The van der Waals surface area contributed by atoms with Crippen molar-refractivity contribution in [2.24, 2.45) is 5.73 Å². The van der Waals surface area contributed by atoms with E-state index in [1.165, 1.54) is 0 Å². The zero-order valence-electron chi connectivity index (χ0n) is 10.4. The van der Waals surface area contributed by atoms with Gasteiger partial charge in [-0.3, -0.25) is 0 Å². The highest BCUT2D eigenvalue weighted by atomic mass is 16.3. The van der Waals surface area contributed by atoms with Crippen LogP contribution in [0.4, 0.5) is 0 Å². The van der Waals surface area contributed by atoms with Crippen LogP contribution < -0.4 is 5.73 Å². The quantitative estimate of drug-likeness (QED) is 0.706. The molecule has 3 N–H and O–H groups in total. The molecule has 1 atom stereocenters. The SMILES string of the molecule is NC(C=O)Cc1ccc(-n2cc(CCO)nn2)cc1. The monoisotopic (exact) mass is 260 g/mol. The number of rotatable bonds is 6. The Morgan fingerprint density at radius 1 is 1.37 bits per heavy atom. The number of benzene rings is 1. The summed E-state index contributed by atoms with van der Waals surface area (Å²) in [6, 6.07) is 7.14. The van der Waals surface area contributed by atoms with Gasteiger partial charge in [0.25, 0.3) is 0 Å². The van der Waals surface area contributed by atoms with Gasteiger partial charge < -0.3 is 15.6 Å². The topological polar surface area (TPSA) is 94.0 Å². The number of aldehydes is 1. The molecule has 1 aromatic carbocycles. The maximum Gasteiger partial charge on any atom is 0.137 e. The van der Waals surface area contributed by atoms with Crippen LogP contribution in [0, 0.1) is 0 Å². The van der Waals surface area contributed by atoms with E-state index < -0.39 is 6.04 Å². The standard InChI is InChI=1S/C13H16N4O2/c14-11(9-19)7-10-1-3-13(4-2-10)17-8-12(5-6-18)15-16-17/h1-4,8-9,11,18H,5-7,14H2. The predicted octanol–water partition coefficient (Wildman–Crippen LogP) is -0.129. The van der Waals surface area contributed by atoms with Crippen molar-refractivity contribution < 1.29 is 9.90 Å². The molecule has 2 aromatic rings. The Balaban J connectivity index is 2.10. The van der Waals surface area contributed by atoms with Gasteiger partial charge in [0, 0.05) is 13.0 Å². The second-order valence-corrected chi connectivity index (χ2v) is 4.30. The van der Waals surface area contributed by atoms with Crippen molar-refractivity contribution in [1.82, 2.24) is 15.0 Å². The van der Waals surface area contributed by atoms with E-state index in [2.05, 4.69) is 10.3 Å². The van der Waals surface area contributed by atoms with E-state index in [1.54, 1.807) is 10.9 Å². The van der Waals surface area contributed by atoms with Crippen LogP contribution in [-0.4, -0.2) is 39.0 Å². The molecule has 0 saturated carbocycles. The fraction of sp³-hybridized carbons (Fsp3) is 0.308. The van der Waals surface area contributed by atoms with Crippen molar-refractivity contribution in [3.63, 3.8) is 0 Å². The average Bonchev–Trinajstić information content (AvgIpc) is 2.88. The molecule has 0 aliphatic heterocycles. The molecule has 0 bridgehead atoms. The van der Waals surface area contributed by atoms with Crippen LogP contribution in [0.2, 0.25) is 0 Å². The maximum absolute atomic E-state index is 10.5. The molecule has 0 aliphatic rings. The van der Waals surface area contributed by atoms with Crippen molar-refractivity contribution in [2.75, 3.05) is 6.61 Å². The lowest BCUT2D eigenvalue weighted by molar-refractivity contribution is -0.108. The number of hydrogen-bond acceptors (Lipinski definition) is 5. The van der Waals surface area contributed by atoms with Gasteiger partial charge in [0.2, 0.25) is 0 Å². The zero-order valence-corrected chi connectivity index (χ0v) is 10.4. The average molecular weight is 260 g/mol. The fourth-order valence-electron chi connectivity index (χ4n) is 1.76. The summed E-state index contributed by atoms with van der Waals surface area (Å²) in [5.41, 5.74) is 8.19. The summed E-state index contributed by atoms with van der Waals surface area (Å²) in [6.07, 6.45) is 3.54. The molecule has 0 amide bonds. The molecule has 0 saturated heterocycles. The summed E-state index contributed by atoms with van der Waals surface area (Å²) < 4.78 is 1.65. The van der Waals surface area contributed by atoms with Crippen LogP contribution in [0.5, 0.6) is 0 Å². The van der Waals surface area contributed by atoms with E-state index in [-0.39, 0.29) is 6.61 Å². The Labute approximate surface area is 110 Å². The molecule has 0 fully saturated rings. The largest absolute Gasteiger partial charge is 0.396 e. The summed E-state index contributed by atoms with van der Waals surface area (Å²) in [5.74, 6) is 0. The summed E-state index contributed by atoms with van der Waals surface area (Å²) >= 11 is 0. The molecule has 100 valence electrons. The minimum absolute atomic E-state index is 0.0568. The number of hydrogen-bond donors (Lipinski definition) is 2. The van der Waals surface area contributed by atoms with Gasteiger partial charge in [-0.1, -0.05) is 17.3 Å². The first-order valence-electron chi connectivity index (χ1n) is 6.05. The molecule has 1 aromatic heterocycles. The molecule has 2 rings (SSSR count). The van der Waals surface area contributed by atoms with E-state index in [0.29, 0.717) is 12.8 Å². The van der Waals surface area contributed by atoms with Gasteiger partial charge >= 0.3 is 0 Å². The van der Waals surface area contributed by atoms with E-state index in [1.807, 2.05) is 24.3 Å². The summed E-state index contributed by atoms with van der Waals surface area (Å²) in [7, 11) is 0. The number of carbonyl (C=O) groups is 1. The summed E-state index contributed by atoms with van der Waals surface area (Å²) in [5, 5.41) is 16.8. The molecular weight excluding hydrogens is 244 g/mol. The van der Waals surface area contributed by atoms with Gasteiger partial charge in [0.15, 0.2) is 0 Å². The van der Waals surface area contributed by atoms with E-state index in [0.717, 1.165) is 23.2 Å². The van der Waals surface area contributed by atoms with E-state index in [9.17, 15) is 4.79 Å². The van der Waals surface area contributed by atoms with Crippen molar-refractivity contribution in [3.8, 4) is 5.69 Å². The summed E-state index contributed by atoms with van der Waals surface area (Å²) in [6.45, 7) is 0.0568. The van der Waals surface area contributed by atoms with Crippen LogP contribution in [0.25, 0.3) is 5.69 Å². The Kier molecular flexibility index (Phi) is 4.38. The third-order valence-electron chi connectivity index (χ3n) is 2.76. The number of nitrogens with two attached hydrogens (primary N) is 1. The third-order valence-corrected chi connectivity index (χ3v) is 2.76. The van der Waals surface area contributed by atoms with Gasteiger partial charge in [-0.2, -0.15) is 0 Å². The van der Waals surface area contributed by atoms with Crippen molar-refractivity contribution in [2.45, 2.75) is 18.9 Å². The second kappa shape index (κ2) is 6.21. The number of carbonyl (C=O) groups excluding carboxylic acids is 1. The Morgan fingerprint density at radius 2 is 2.11 bits per heavy atom. The predicted molar refractivity (Wildman–Crippen MR) is 69.9 cm³/mol. The van der Waals surface area contributed by atoms with Gasteiger partial charge in [0.1, 0.15) is 6.29 Å². The third kappa shape index (κ3) is 3.46. The van der Waals surface area contributed by atoms with Crippen LogP contribution >= 0.6 is 0 Å². The minimum atomic E-state index is -0.464. The molecule has 1 unspecified atom stereocenters. The van der Waals surface area contributed by atoms with Crippen LogP contribution in [0.1, 0.15) is 11.3 Å². The molecule has 0 aliphatic carbocycles. The smallest absolute Gasteiger partial charge is 0.137 e. The van der Waals surface area contributed by atoms with Crippen LogP contribution in [0.15, 0.2) is 30.5 Å². The van der Waals surface area contributed by atoms with Crippen LogP contribution in [-0.2, 0) is 17.6 Å². The number of aliphatic hydroxyl groups is 1. The van der Waals surface area contributed by atoms with E-state index >= 15 is 0 Å². The second-order valence-electron chi connectivity index (χ2n) is 4.30. The van der Waals surface area contributed by atoms with Gasteiger partial charge in [-0.15, -0.1) is 5.10 Å². The highest BCUT2D eigenvalue weighted by Crippen LogP contribution is 2.10. The molecule has 0 spiro atoms. The van der Waals surface area contributed by atoms with Crippen LogP contribution in [0.3, 0.4) is 0 Å².